The summed E-state index contributed by atoms with van der Waals surface area (Å²) < 4.78 is 6.56. The van der Waals surface area contributed by atoms with Crippen LogP contribution < -0.4 is 5.32 Å². The lowest BCUT2D eigenvalue weighted by molar-refractivity contribution is -0.148. The van der Waals surface area contributed by atoms with Gasteiger partial charge in [-0.2, -0.15) is 5.10 Å². The molecule has 24 heavy (non-hydrogen) atoms. The van der Waals surface area contributed by atoms with E-state index in [1.54, 1.807) is 4.68 Å². The number of nitrogens with one attached hydrogen (secondary N) is 1. The smallest absolute Gasteiger partial charge is 0.309 e. The molecule has 0 saturated heterocycles. The minimum atomic E-state index is -0.353. The average Bonchev–Trinajstić information content (AvgIpc) is 3.23. The summed E-state index contributed by atoms with van der Waals surface area (Å²) in [5, 5.41) is 7.36. The predicted octanol–water partition coefficient (Wildman–Crippen LogP) is 2.71. The highest BCUT2D eigenvalue weighted by Gasteiger charge is 2.38. The van der Waals surface area contributed by atoms with Gasteiger partial charge in [0.25, 0.3) is 0 Å². The maximum absolute atomic E-state index is 12.7. The van der Waals surface area contributed by atoms with E-state index in [1.165, 1.54) is 7.11 Å². The van der Waals surface area contributed by atoms with Crippen molar-refractivity contribution >= 4 is 17.6 Å². The quantitative estimate of drug-likeness (QED) is 0.876. The Morgan fingerprint density at radius 3 is 2.67 bits per heavy atom. The molecule has 0 bridgehead atoms. The predicted molar refractivity (Wildman–Crippen MR) is 89.8 cm³/mol. The number of carbonyl (C=O) groups excluding carboxylic acids is 2. The summed E-state index contributed by atoms with van der Waals surface area (Å²) in [6.45, 7) is 1.91. The van der Waals surface area contributed by atoms with E-state index in [0.717, 1.165) is 17.8 Å². The minimum absolute atomic E-state index is 0.140. The lowest BCUT2D eigenvalue weighted by Crippen LogP contribution is -2.31. The summed E-state index contributed by atoms with van der Waals surface area (Å²) in [5.41, 5.74) is 2.38. The Balaban J connectivity index is 1.81. The molecule has 2 aromatic rings. The van der Waals surface area contributed by atoms with Gasteiger partial charge in [0.05, 0.1) is 36.0 Å². The van der Waals surface area contributed by atoms with Gasteiger partial charge in [-0.05, 0) is 38.0 Å². The highest BCUT2D eigenvalue weighted by atomic mass is 16.5. The Bertz CT molecular complexity index is 753. The lowest BCUT2D eigenvalue weighted by Gasteiger charge is -2.18. The highest BCUT2D eigenvalue weighted by Crippen LogP contribution is 2.34. The largest absolute Gasteiger partial charge is 0.469 e. The summed E-state index contributed by atoms with van der Waals surface area (Å²) in [4.78, 5) is 24.5. The van der Waals surface area contributed by atoms with Gasteiger partial charge >= 0.3 is 5.97 Å². The zero-order chi connectivity index (χ0) is 17.1. The number of ether oxygens (including phenoxy) is 1. The molecule has 0 unspecified atom stereocenters. The van der Waals surface area contributed by atoms with Crippen LogP contribution in [0, 0.1) is 18.8 Å². The van der Waals surface area contributed by atoms with Crippen LogP contribution in [-0.2, 0) is 14.3 Å². The molecule has 0 radical (unpaired) electrons. The second-order valence-corrected chi connectivity index (χ2v) is 6.08. The van der Waals surface area contributed by atoms with E-state index in [1.807, 2.05) is 43.5 Å². The van der Waals surface area contributed by atoms with Gasteiger partial charge in [-0.3, -0.25) is 9.59 Å². The number of rotatable bonds is 4. The molecule has 1 aromatic heterocycles. The topological polar surface area (TPSA) is 73.2 Å². The fourth-order valence-electron chi connectivity index (χ4n) is 3.26. The van der Waals surface area contributed by atoms with Crippen molar-refractivity contribution in [2.45, 2.75) is 26.2 Å². The van der Waals surface area contributed by atoms with Gasteiger partial charge in [-0.25, -0.2) is 4.68 Å². The first-order valence-corrected chi connectivity index (χ1v) is 8.10. The summed E-state index contributed by atoms with van der Waals surface area (Å²) >= 11 is 0. The first kappa shape index (κ1) is 16.2. The molecule has 1 aliphatic carbocycles. The number of carbonyl (C=O) groups is 2. The monoisotopic (exact) mass is 327 g/mol. The molecule has 126 valence electrons. The van der Waals surface area contributed by atoms with Crippen molar-refractivity contribution in [3.63, 3.8) is 0 Å². The average molecular weight is 327 g/mol. The number of benzene rings is 1. The molecule has 0 spiro atoms. The number of esters is 1. The number of aromatic nitrogens is 2. The molecule has 1 saturated carbocycles. The van der Waals surface area contributed by atoms with Gasteiger partial charge in [-0.15, -0.1) is 0 Å². The first-order valence-electron chi connectivity index (χ1n) is 8.10. The fraction of sp³-hybridized carbons (Fsp3) is 0.389. The van der Waals surface area contributed by atoms with Crippen molar-refractivity contribution in [2.24, 2.45) is 11.8 Å². The van der Waals surface area contributed by atoms with E-state index >= 15 is 0 Å². The van der Waals surface area contributed by atoms with Crippen molar-refractivity contribution in [2.75, 3.05) is 12.4 Å². The maximum Gasteiger partial charge on any atom is 0.309 e. The minimum Gasteiger partial charge on any atom is -0.469 e. The van der Waals surface area contributed by atoms with Crippen LogP contribution in [0.3, 0.4) is 0 Å². The van der Waals surface area contributed by atoms with Gasteiger partial charge < -0.3 is 10.1 Å². The number of para-hydroxylation sites is 2. The van der Waals surface area contributed by atoms with E-state index in [-0.39, 0.29) is 23.7 Å². The fourth-order valence-corrected chi connectivity index (χ4v) is 3.26. The summed E-state index contributed by atoms with van der Waals surface area (Å²) in [7, 11) is 1.37. The first-order chi connectivity index (χ1) is 11.6. The van der Waals surface area contributed by atoms with Crippen LogP contribution in [0.4, 0.5) is 5.69 Å². The van der Waals surface area contributed by atoms with Crippen molar-refractivity contribution in [3.05, 3.63) is 42.2 Å². The number of aryl methyl sites for hydroxylation is 1. The molecule has 1 fully saturated rings. The molecule has 6 nitrogen and oxygen atoms in total. The van der Waals surface area contributed by atoms with Crippen molar-refractivity contribution in [3.8, 4) is 5.69 Å². The Morgan fingerprint density at radius 1 is 1.21 bits per heavy atom. The van der Waals surface area contributed by atoms with Crippen LogP contribution in [-0.4, -0.2) is 28.8 Å². The zero-order valence-electron chi connectivity index (χ0n) is 13.9. The van der Waals surface area contributed by atoms with Gasteiger partial charge in [0.15, 0.2) is 0 Å². The number of amides is 1. The van der Waals surface area contributed by atoms with Crippen LogP contribution in [0.5, 0.6) is 0 Å². The van der Waals surface area contributed by atoms with E-state index in [9.17, 15) is 9.59 Å². The molecule has 3 rings (SSSR count). The van der Waals surface area contributed by atoms with Gasteiger partial charge in [0.2, 0.25) is 5.91 Å². The molecular formula is C18H21N3O3. The van der Waals surface area contributed by atoms with Crippen molar-refractivity contribution in [1.29, 1.82) is 0 Å². The Hall–Kier alpha value is -2.63. The Kier molecular flexibility index (Phi) is 4.64. The number of nitrogens with zero attached hydrogens (tertiary/aromatic N) is 2. The lowest BCUT2D eigenvalue weighted by atomic mass is 9.95. The Labute approximate surface area is 140 Å². The number of hydrogen-bond acceptors (Lipinski definition) is 4. The third-order valence-corrected chi connectivity index (χ3v) is 4.49. The van der Waals surface area contributed by atoms with Crippen LogP contribution in [0.2, 0.25) is 0 Å². The molecule has 0 aliphatic heterocycles. The standard InChI is InChI=1S/C18H21N3O3/c1-12-10-11-21(20-12)16-9-4-3-8-15(16)19-17(22)13-6-5-7-14(13)18(23)24-2/h3-4,8-11,13-14H,5-7H2,1-2H3,(H,19,22)/t13-,14+/m1/s1. The van der Waals surface area contributed by atoms with Crippen molar-refractivity contribution in [1.82, 2.24) is 9.78 Å². The SMILES string of the molecule is COC(=O)[C@H]1CCC[C@H]1C(=O)Nc1ccccc1-n1ccc(C)n1. The zero-order valence-corrected chi connectivity index (χ0v) is 13.9. The van der Waals surface area contributed by atoms with E-state index in [0.29, 0.717) is 18.5 Å². The van der Waals surface area contributed by atoms with Crippen molar-refractivity contribution < 1.29 is 14.3 Å². The number of anilines is 1. The second kappa shape index (κ2) is 6.86. The van der Waals surface area contributed by atoms with E-state index in [4.69, 9.17) is 4.74 Å². The second-order valence-electron chi connectivity index (χ2n) is 6.08. The summed E-state index contributed by atoms with van der Waals surface area (Å²) in [6.07, 6.45) is 4.12. The van der Waals surface area contributed by atoms with Gasteiger partial charge in [0.1, 0.15) is 0 Å². The maximum atomic E-state index is 12.7. The van der Waals surface area contributed by atoms with E-state index < -0.39 is 0 Å². The van der Waals surface area contributed by atoms with Crippen LogP contribution in [0.15, 0.2) is 36.5 Å². The molecule has 2 atom stereocenters. The normalized spacial score (nSPS) is 19.9. The third-order valence-electron chi connectivity index (χ3n) is 4.49. The molecule has 1 N–H and O–H groups in total. The van der Waals surface area contributed by atoms with E-state index in [2.05, 4.69) is 10.4 Å². The molecule has 1 aliphatic rings. The molecule has 1 heterocycles. The molecule has 1 amide bonds. The molecular weight excluding hydrogens is 306 g/mol. The van der Waals surface area contributed by atoms with Gasteiger partial charge in [0, 0.05) is 6.20 Å². The van der Waals surface area contributed by atoms with Crippen LogP contribution >= 0.6 is 0 Å². The summed E-state index contributed by atoms with van der Waals surface area (Å²) in [6, 6.07) is 9.40. The third kappa shape index (κ3) is 3.18. The summed E-state index contributed by atoms with van der Waals surface area (Å²) in [5.74, 6) is -1.14. The van der Waals surface area contributed by atoms with Gasteiger partial charge in [-0.1, -0.05) is 18.6 Å². The number of methoxy groups -OCH3 is 1. The molecule has 1 aromatic carbocycles. The number of hydrogen-bond donors (Lipinski definition) is 1. The van der Waals surface area contributed by atoms with Crippen LogP contribution in [0.1, 0.15) is 25.0 Å². The molecule has 6 heteroatoms. The Morgan fingerprint density at radius 2 is 1.96 bits per heavy atom. The highest BCUT2D eigenvalue weighted by molar-refractivity contribution is 5.97. The van der Waals surface area contributed by atoms with Crippen LogP contribution in [0.25, 0.3) is 5.69 Å².